The molecule has 2 fully saturated rings. The molecule has 1 aliphatic heterocycles. The van der Waals surface area contributed by atoms with Crippen LogP contribution in [0.3, 0.4) is 0 Å². The number of nitrogens with one attached hydrogen (secondary N) is 1. The molecule has 2 rings (SSSR count). The standard InChI is InChI=1S/C13H26N2O2S/c1-11(2)6-8-18(16,17)14-9-12-5-7-15(10-12)13-3-4-13/h11-14H,3-10H2,1-2H3. The molecule has 0 radical (unpaired) electrons. The van der Waals surface area contributed by atoms with Gasteiger partial charge in [0.05, 0.1) is 5.75 Å². The molecule has 0 aromatic carbocycles. The fraction of sp³-hybridized carbons (Fsp3) is 1.00. The van der Waals surface area contributed by atoms with Gasteiger partial charge in [-0.15, -0.1) is 0 Å². The van der Waals surface area contributed by atoms with E-state index in [1.165, 1.54) is 12.8 Å². The molecule has 1 unspecified atom stereocenters. The van der Waals surface area contributed by atoms with Gasteiger partial charge < -0.3 is 4.90 Å². The Morgan fingerprint density at radius 1 is 1.28 bits per heavy atom. The fourth-order valence-electron chi connectivity index (χ4n) is 2.51. The Balaban J connectivity index is 1.67. The van der Waals surface area contributed by atoms with Gasteiger partial charge in [-0.1, -0.05) is 13.8 Å². The van der Waals surface area contributed by atoms with Crippen molar-refractivity contribution in [3.8, 4) is 0 Å². The number of sulfonamides is 1. The van der Waals surface area contributed by atoms with Gasteiger partial charge in [-0.25, -0.2) is 13.1 Å². The second-order valence-electron chi connectivity index (χ2n) is 6.23. The van der Waals surface area contributed by atoms with E-state index in [0.29, 0.717) is 18.4 Å². The van der Waals surface area contributed by atoms with Crippen LogP contribution in [0, 0.1) is 11.8 Å². The van der Waals surface area contributed by atoms with E-state index in [4.69, 9.17) is 0 Å². The van der Waals surface area contributed by atoms with Gasteiger partial charge in [0.25, 0.3) is 0 Å². The first-order chi connectivity index (χ1) is 8.46. The van der Waals surface area contributed by atoms with Gasteiger partial charge in [0.15, 0.2) is 0 Å². The Morgan fingerprint density at radius 2 is 2.00 bits per heavy atom. The average Bonchev–Trinajstić information content (AvgIpc) is 3.04. The summed E-state index contributed by atoms with van der Waals surface area (Å²) in [5, 5.41) is 0. The summed E-state index contributed by atoms with van der Waals surface area (Å²) < 4.78 is 26.4. The molecular formula is C13H26N2O2S. The number of hydrogen-bond donors (Lipinski definition) is 1. The maximum absolute atomic E-state index is 11.8. The maximum Gasteiger partial charge on any atom is 0.211 e. The van der Waals surface area contributed by atoms with Crippen LogP contribution in [0.25, 0.3) is 0 Å². The molecule has 1 atom stereocenters. The number of nitrogens with zero attached hydrogens (tertiary/aromatic N) is 1. The summed E-state index contributed by atoms with van der Waals surface area (Å²) in [5.74, 6) is 1.22. The van der Waals surface area contributed by atoms with Crippen molar-refractivity contribution in [2.45, 2.75) is 45.6 Å². The van der Waals surface area contributed by atoms with Crippen molar-refractivity contribution in [3.63, 3.8) is 0 Å². The van der Waals surface area contributed by atoms with Crippen molar-refractivity contribution in [2.24, 2.45) is 11.8 Å². The smallest absolute Gasteiger partial charge is 0.211 e. The van der Waals surface area contributed by atoms with Gasteiger partial charge in [-0.05, 0) is 44.1 Å². The monoisotopic (exact) mass is 274 g/mol. The summed E-state index contributed by atoms with van der Waals surface area (Å²) in [6, 6.07) is 0.813. The second kappa shape index (κ2) is 5.88. The quantitative estimate of drug-likeness (QED) is 0.764. The van der Waals surface area contributed by atoms with E-state index in [-0.39, 0.29) is 5.75 Å². The van der Waals surface area contributed by atoms with Crippen LogP contribution in [0.2, 0.25) is 0 Å². The zero-order chi connectivity index (χ0) is 13.2. The van der Waals surface area contributed by atoms with E-state index in [1.54, 1.807) is 0 Å². The number of likely N-dealkylation sites (tertiary alicyclic amines) is 1. The molecule has 1 heterocycles. The minimum Gasteiger partial charge on any atom is -0.300 e. The van der Waals surface area contributed by atoms with Crippen LogP contribution in [0.1, 0.15) is 39.5 Å². The third kappa shape index (κ3) is 4.52. The molecule has 0 spiro atoms. The summed E-state index contributed by atoms with van der Waals surface area (Å²) in [6.07, 6.45) is 4.57. The molecule has 0 aromatic rings. The lowest BCUT2D eigenvalue weighted by Gasteiger charge is -2.15. The predicted octanol–water partition coefficient (Wildman–Crippen LogP) is 1.44. The fourth-order valence-corrected chi connectivity index (χ4v) is 3.92. The summed E-state index contributed by atoms with van der Waals surface area (Å²) in [7, 11) is -3.05. The van der Waals surface area contributed by atoms with Gasteiger partial charge in [-0.2, -0.15) is 0 Å². The van der Waals surface area contributed by atoms with Crippen LogP contribution >= 0.6 is 0 Å². The summed E-state index contributed by atoms with van der Waals surface area (Å²) in [6.45, 7) is 6.98. The van der Waals surface area contributed by atoms with Crippen LogP contribution in [-0.2, 0) is 10.0 Å². The molecule has 2 aliphatic rings. The van der Waals surface area contributed by atoms with Gasteiger partial charge >= 0.3 is 0 Å². The molecule has 4 nitrogen and oxygen atoms in total. The minimum absolute atomic E-state index is 0.268. The Hall–Kier alpha value is -0.130. The lowest BCUT2D eigenvalue weighted by atomic mass is 10.1. The Bertz CT molecular complexity index is 363. The Morgan fingerprint density at radius 3 is 2.61 bits per heavy atom. The highest BCUT2D eigenvalue weighted by molar-refractivity contribution is 7.89. The van der Waals surface area contributed by atoms with E-state index >= 15 is 0 Å². The van der Waals surface area contributed by atoms with Gasteiger partial charge in [0.1, 0.15) is 0 Å². The lowest BCUT2D eigenvalue weighted by Crippen LogP contribution is -2.33. The maximum atomic E-state index is 11.8. The first kappa shape index (κ1) is 14.3. The summed E-state index contributed by atoms with van der Waals surface area (Å²) >= 11 is 0. The van der Waals surface area contributed by atoms with Crippen molar-refractivity contribution in [1.29, 1.82) is 0 Å². The first-order valence-electron chi connectivity index (χ1n) is 7.17. The largest absolute Gasteiger partial charge is 0.300 e. The highest BCUT2D eigenvalue weighted by Gasteiger charge is 2.34. The van der Waals surface area contributed by atoms with Gasteiger partial charge in [0.2, 0.25) is 10.0 Å². The number of rotatable bonds is 7. The average molecular weight is 274 g/mol. The molecule has 1 N–H and O–H groups in total. The van der Waals surface area contributed by atoms with E-state index in [1.807, 2.05) is 0 Å². The third-order valence-corrected chi connectivity index (χ3v) is 5.32. The molecule has 1 aliphatic carbocycles. The van der Waals surface area contributed by atoms with E-state index in [0.717, 1.165) is 32.0 Å². The Labute approximate surface area is 111 Å². The topological polar surface area (TPSA) is 49.4 Å². The van der Waals surface area contributed by atoms with E-state index in [9.17, 15) is 8.42 Å². The number of hydrogen-bond acceptors (Lipinski definition) is 3. The second-order valence-corrected chi connectivity index (χ2v) is 8.16. The zero-order valence-electron chi connectivity index (χ0n) is 11.6. The molecule has 5 heteroatoms. The van der Waals surface area contributed by atoms with Crippen molar-refractivity contribution in [2.75, 3.05) is 25.4 Å². The summed E-state index contributed by atoms with van der Waals surface area (Å²) in [5.41, 5.74) is 0. The van der Waals surface area contributed by atoms with Crippen LogP contribution in [-0.4, -0.2) is 44.7 Å². The Kier molecular flexibility index (Phi) is 4.67. The van der Waals surface area contributed by atoms with Gasteiger partial charge in [0, 0.05) is 19.1 Å². The molecule has 0 bridgehead atoms. The van der Waals surface area contributed by atoms with Crippen LogP contribution in [0.5, 0.6) is 0 Å². The molecule has 0 amide bonds. The molecule has 1 saturated heterocycles. The predicted molar refractivity (Wildman–Crippen MR) is 73.9 cm³/mol. The van der Waals surface area contributed by atoms with Crippen LogP contribution < -0.4 is 4.72 Å². The van der Waals surface area contributed by atoms with Crippen molar-refractivity contribution in [1.82, 2.24) is 9.62 Å². The van der Waals surface area contributed by atoms with Crippen molar-refractivity contribution in [3.05, 3.63) is 0 Å². The summed E-state index contributed by atoms with van der Waals surface area (Å²) in [4.78, 5) is 2.52. The molecule has 0 aromatic heterocycles. The normalized spacial score (nSPS) is 26.1. The molecule has 18 heavy (non-hydrogen) atoms. The highest BCUT2D eigenvalue weighted by Crippen LogP contribution is 2.31. The zero-order valence-corrected chi connectivity index (χ0v) is 12.4. The lowest BCUT2D eigenvalue weighted by molar-refractivity contribution is 0.314. The molecular weight excluding hydrogens is 248 g/mol. The first-order valence-corrected chi connectivity index (χ1v) is 8.83. The molecule has 106 valence electrons. The van der Waals surface area contributed by atoms with Crippen molar-refractivity contribution < 1.29 is 8.42 Å². The van der Waals surface area contributed by atoms with Crippen LogP contribution in [0.15, 0.2) is 0 Å². The minimum atomic E-state index is -3.05. The SMILES string of the molecule is CC(C)CCS(=O)(=O)NCC1CCN(C2CC2)C1. The highest BCUT2D eigenvalue weighted by atomic mass is 32.2. The van der Waals surface area contributed by atoms with E-state index in [2.05, 4.69) is 23.5 Å². The van der Waals surface area contributed by atoms with Crippen LogP contribution in [0.4, 0.5) is 0 Å². The van der Waals surface area contributed by atoms with E-state index < -0.39 is 10.0 Å². The van der Waals surface area contributed by atoms with Gasteiger partial charge in [-0.3, -0.25) is 0 Å². The third-order valence-electron chi connectivity index (χ3n) is 3.94. The molecule has 1 saturated carbocycles. The van der Waals surface area contributed by atoms with Crippen molar-refractivity contribution >= 4 is 10.0 Å².